The maximum absolute atomic E-state index is 12.3. The van der Waals surface area contributed by atoms with Crippen molar-refractivity contribution in [2.24, 2.45) is 0 Å². The Hall–Kier alpha value is -3.37. The zero-order valence-corrected chi connectivity index (χ0v) is 15.8. The van der Waals surface area contributed by atoms with Crippen molar-refractivity contribution in [1.82, 2.24) is 0 Å². The van der Waals surface area contributed by atoms with Gasteiger partial charge in [0.15, 0.2) is 5.78 Å². The van der Waals surface area contributed by atoms with Gasteiger partial charge in [0.2, 0.25) is 0 Å². The first kappa shape index (κ1) is 19.4. The molecular weight excluding hydrogens is 376 g/mol. The number of hydrogen-bond acceptors (Lipinski definition) is 4. The van der Waals surface area contributed by atoms with E-state index >= 15 is 0 Å². The number of halogens is 1. The third-order valence-corrected chi connectivity index (χ3v) is 4.20. The zero-order valence-electron chi connectivity index (χ0n) is 15.1. The summed E-state index contributed by atoms with van der Waals surface area (Å²) in [7, 11) is 1.57. The third kappa shape index (κ3) is 5.09. The van der Waals surface area contributed by atoms with E-state index in [1.165, 1.54) is 6.08 Å². The van der Waals surface area contributed by atoms with E-state index in [1.54, 1.807) is 79.9 Å². The Morgan fingerprint density at radius 2 is 1.54 bits per heavy atom. The Morgan fingerprint density at radius 3 is 2.21 bits per heavy atom. The fourth-order valence-corrected chi connectivity index (χ4v) is 2.58. The number of carbonyl (C=O) groups excluding carboxylic acids is 2. The average Bonchev–Trinajstić information content (AvgIpc) is 2.73. The van der Waals surface area contributed by atoms with Gasteiger partial charge in [0, 0.05) is 10.6 Å². The molecule has 0 saturated carbocycles. The predicted octanol–water partition coefficient (Wildman–Crippen LogP) is 5.46. The molecule has 0 spiro atoms. The average molecular weight is 393 g/mol. The van der Waals surface area contributed by atoms with Crippen LogP contribution in [0.3, 0.4) is 0 Å². The van der Waals surface area contributed by atoms with E-state index < -0.39 is 5.97 Å². The van der Waals surface area contributed by atoms with Crippen molar-refractivity contribution in [3.8, 4) is 11.5 Å². The maximum Gasteiger partial charge on any atom is 0.343 e. The number of benzene rings is 3. The first-order valence-electron chi connectivity index (χ1n) is 8.49. The summed E-state index contributed by atoms with van der Waals surface area (Å²) in [6.45, 7) is 0. The lowest BCUT2D eigenvalue weighted by atomic mass is 10.1. The zero-order chi connectivity index (χ0) is 19.9. The number of esters is 1. The predicted molar refractivity (Wildman–Crippen MR) is 109 cm³/mol. The van der Waals surface area contributed by atoms with Gasteiger partial charge in [-0.3, -0.25) is 4.79 Å². The number of carbonyl (C=O) groups is 2. The van der Waals surface area contributed by atoms with E-state index in [0.29, 0.717) is 27.6 Å². The highest BCUT2D eigenvalue weighted by Gasteiger charge is 2.08. The summed E-state index contributed by atoms with van der Waals surface area (Å²) >= 11 is 5.82. The summed E-state index contributed by atoms with van der Waals surface area (Å²) in [6.07, 6.45) is 3.15. The molecule has 0 aliphatic rings. The van der Waals surface area contributed by atoms with Gasteiger partial charge >= 0.3 is 5.97 Å². The normalized spacial score (nSPS) is 10.6. The minimum absolute atomic E-state index is 0.133. The molecule has 140 valence electrons. The van der Waals surface area contributed by atoms with Gasteiger partial charge < -0.3 is 9.47 Å². The molecule has 0 aliphatic heterocycles. The number of allylic oxidation sites excluding steroid dienone is 1. The van der Waals surface area contributed by atoms with Crippen LogP contribution in [0.15, 0.2) is 78.9 Å². The van der Waals surface area contributed by atoms with Crippen molar-refractivity contribution >= 4 is 29.4 Å². The SMILES string of the molecule is COc1ccc(C(=O)/C=C/c2cccc(OC(=O)c3ccc(Cl)cc3)c2)cc1. The molecule has 5 heteroatoms. The number of ketones is 1. The van der Waals surface area contributed by atoms with Crippen molar-refractivity contribution in [3.05, 3.63) is 101 Å². The van der Waals surface area contributed by atoms with Crippen molar-refractivity contribution in [2.45, 2.75) is 0 Å². The number of methoxy groups -OCH3 is 1. The lowest BCUT2D eigenvalue weighted by Crippen LogP contribution is -2.08. The smallest absolute Gasteiger partial charge is 0.343 e. The minimum Gasteiger partial charge on any atom is -0.497 e. The van der Waals surface area contributed by atoms with Gasteiger partial charge in [-0.15, -0.1) is 0 Å². The molecule has 0 aromatic heterocycles. The third-order valence-electron chi connectivity index (χ3n) is 3.95. The largest absolute Gasteiger partial charge is 0.497 e. The van der Waals surface area contributed by atoms with Crippen LogP contribution in [0.1, 0.15) is 26.3 Å². The van der Waals surface area contributed by atoms with Crippen LogP contribution in [0, 0.1) is 0 Å². The van der Waals surface area contributed by atoms with E-state index in [1.807, 2.05) is 6.07 Å². The molecule has 3 aromatic rings. The van der Waals surface area contributed by atoms with E-state index in [9.17, 15) is 9.59 Å². The number of ether oxygens (including phenoxy) is 2. The molecule has 28 heavy (non-hydrogen) atoms. The van der Waals surface area contributed by atoms with Crippen LogP contribution >= 0.6 is 11.6 Å². The van der Waals surface area contributed by atoms with Crippen molar-refractivity contribution in [1.29, 1.82) is 0 Å². The van der Waals surface area contributed by atoms with Crippen LogP contribution in [0.5, 0.6) is 11.5 Å². The second-order valence-corrected chi connectivity index (χ2v) is 6.33. The molecule has 0 unspecified atom stereocenters. The molecule has 0 atom stereocenters. The lowest BCUT2D eigenvalue weighted by molar-refractivity contribution is 0.0734. The maximum atomic E-state index is 12.3. The van der Waals surface area contributed by atoms with Gasteiger partial charge in [0.05, 0.1) is 12.7 Å². The molecule has 3 rings (SSSR count). The number of rotatable bonds is 6. The van der Waals surface area contributed by atoms with E-state index in [-0.39, 0.29) is 5.78 Å². The molecule has 0 bridgehead atoms. The molecule has 0 saturated heterocycles. The first-order chi connectivity index (χ1) is 13.5. The summed E-state index contributed by atoms with van der Waals surface area (Å²) < 4.78 is 10.5. The van der Waals surface area contributed by atoms with Crippen LogP contribution in [0.4, 0.5) is 0 Å². The molecule has 3 aromatic carbocycles. The highest BCUT2D eigenvalue weighted by Crippen LogP contribution is 2.18. The molecule has 0 fully saturated rings. The molecule has 0 heterocycles. The lowest BCUT2D eigenvalue weighted by Gasteiger charge is -2.05. The summed E-state index contributed by atoms with van der Waals surface area (Å²) in [4.78, 5) is 24.5. The topological polar surface area (TPSA) is 52.6 Å². The second kappa shape index (κ2) is 9.02. The Kier molecular flexibility index (Phi) is 6.25. The van der Waals surface area contributed by atoms with Crippen molar-refractivity contribution in [2.75, 3.05) is 7.11 Å². The van der Waals surface area contributed by atoms with Crippen molar-refractivity contribution in [3.63, 3.8) is 0 Å². The molecular formula is C23H17ClO4. The fourth-order valence-electron chi connectivity index (χ4n) is 2.46. The molecule has 0 radical (unpaired) electrons. The fraction of sp³-hybridized carbons (Fsp3) is 0.0435. The molecule has 0 N–H and O–H groups in total. The molecule has 0 amide bonds. The van der Waals surface area contributed by atoms with E-state index in [2.05, 4.69) is 0 Å². The summed E-state index contributed by atoms with van der Waals surface area (Å²) in [5, 5.41) is 0.546. The van der Waals surface area contributed by atoms with Gasteiger partial charge in [-0.1, -0.05) is 29.8 Å². The standard InChI is InChI=1S/C23H17ClO4/c1-27-20-12-8-17(9-13-20)22(25)14-5-16-3-2-4-21(15-16)28-23(26)18-6-10-19(24)11-7-18/h2-15H,1H3/b14-5+. The molecule has 4 nitrogen and oxygen atoms in total. The van der Waals surface area contributed by atoms with Gasteiger partial charge in [-0.05, 0) is 72.3 Å². The highest BCUT2D eigenvalue weighted by molar-refractivity contribution is 6.30. The number of hydrogen-bond donors (Lipinski definition) is 0. The van der Waals surface area contributed by atoms with E-state index in [0.717, 1.165) is 5.56 Å². The Bertz CT molecular complexity index is 1010. The van der Waals surface area contributed by atoms with Crippen LogP contribution in [-0.2, 0) is 0 Å². The summed E-state index contributed by atoms with van der Waals surface area (Å²) in [5.74, 6) is 0.466. The Balaban J connectivity index is 1.68. The summed E-state index contributed by atoms with van der Waals surface area (Å²) in [6, 6.07) is 20.3. The van der Waals surface area contributed by atoms with Crippen molar-refractivity contribution < 1.29 is 19.1 Å². The van der Waals surface area contributed by atoms with Gasteiger partial charge in [0.25, 0.3) is 0 Å². The van der Waals surface area contributed by atoms with Gasteiger partial charge in [-0.25, -0.2) is 4.79 Å². The van der Waals surface area contributed by atoms with Crippen LogP contribution in [0.2, 0.25) is 5.02 Å². The van der Waals surface area contributed by atoms with E-state index in [4.69, 9.17) is 21.1 Å². The van der Waals surface area contributed by atoms with Crippen LogP contribution in [-0.4, -0.2) is 18.9 Å². The van der Waals surface area contributed by atoms with Crippen LogP contribution < -0.4 is 9.47 Å². The van der Waals surface area contributed by atoms with Gasteiger partial charge in [-0.2, -0.15) is 0 Å². The van der Waals surface area contributed by atoms with Crippen LogP contribution in [0.25, 0.3) is 6.08 Å². The second-order valence-electron chi connectivity index (χ2n) is 5.89. The Morgan fingerprint density at radius 1 is 0.857 bits per heavy atom. The van der Waals surface area contributed by atoms with Gasteiger partial charge in [0.1, 0.15) is 11.5 Å². The monoisotopic (exact) mass is 392 g/mol. The molecule has 0 aliphatic carbocycles. The first-order valence-corrected chi connectivity index (χ1v) is 8.87. The quantitative estimate of drug-likeness (QED) is 0.242. The Labute approximate surface area is 168 Å². The summed E-state index contributed by atoms with van der Waals surface area (Å²) in [5.41, 5.74) is 1.70. The highest BCUT2D eigenvalue weighted by atomic mass is 35.5. The minimum atomic E-state index is -0.480.